The Bertz CT molecular complexity index is 1070. The van der Waals surface area contributed by atoms with Crippen molar-refractivity contribution < 1.29 is 32.2 Å². The third-order valence-electron chi connectivity index (χ3n) is 4.04. The topological polar surface area (TPSA) is 88.7 Å². The molecule has 7 nitrogen and oxygen atoms in total. The molecule has 0 bridgehead atoms. The van der Waals surface area contributed by atoms with E-state index in [-0.39, 0.29) is 17.3 Å². The summed E-state index contributed by atoms with van der Waals surface area (Å²) in [6.45, 7) is 0. The number of halogens is 3. The van der Waals surface area contributed by atoms with Gasteiger partial charge in [0, 0.05) is 24.0 Å². The fourth-order valence-electron chi connectivity index (χ4n) is 2.59. The Kier molecular flexibility index (Phi) is 6.83. The largest absolute Gasteiger partial charge is 0.573 e. The van der Waals surface area contributed by atoms with E-state index >= 15 is 0 Å². The number of amides is 3. The molecule has 0 aliphatic carbocycles. The fourth-order valence-corrected chi connectivity index (χ4v) is 2.59. The number of benzene rings is 3. The molecule has 0 heterocycles. The number of rotatable bonds is 6. The molecule has 0 saturated carbocycles. The van der Waals surface area contributed by atoms with Crippen molar-refractivity contribution in [1.29, 1.82) is 0 Å². The average Bonchev–Trinajstić information content (AvgIpc) is 2.75. The predicted molar refractivity (Wildman–Crippen MR) is 112 cm³/mol. The van der Waals surface area contributed by atoms with Gasteiger partial charge in [-0.25, -0.2) is 4.79 Å². The fraction of sp³-hybridized carbons (Fsp3) is 0.0909. The summed E-state index contributed by atoms with van der Waals surface area (Å²) in [5, 5.41) is 7.63. The molecule has 0 aromatic heterocycles. The van der Waals surface area contributed by atoms with E-state index < -0.39 is 12.4 Å². The van der Waals surface area contributed by atoms with Crippen molar-refractivity contribution in [3.05, 3.63) is 78.4 Å². The van der Waals surface area contributed by atoms with Gasteiger partial charge in [-0.15, -0.1) is 13.2 Å². The number of carbonyl (C=O) groups is 2. The third kappa shape index (κ3) is 6.66. The van der Waals surface area contributed by atoms with Crippen LogP contribution in [0.1, 0.15) is 10.4 Å². The first-order valence-electron chi connectivity index (χ1n) is 9.26. The van der Waals surface area contributed by atoms with E-state index in [1.54, 1.807) is 55.6 Å². The molecule has 0 saturated heterocycles. The van der Waals surface area contributed by atoms with Crippen LogP contribution in [0.4, 0.5) is 29.3 Å². The van der Waals surface area contributed by atoms with Crippen molar-refractivity contribution in [3.63, 3.8) is 0 Å². The van der Waals surface area contributed by atoms with Gasteiger partial charge < -0.3 is 25.4 Å². The van der Waals surface area contributed by atoms with Crippen molar-refractivity contribution in [2.75, 3.05) is 17.7 Å². The zero-order chi connectivity index (χ0) is 23.1. The van der Waals surface area contributed by atoms with Gasteiger partial charge in [-0.1, -0.05) is 0 Å². The summed E-state index contributed by atoms with van der Waals surface area (Å²) in [6, 6.07) is 17.3. The Morgan fingerprint density at radius 1 is 0.719 bits per heavy atom. The molecule has 166 valence electrons. The van der Waals surface area contributed by atoms with Gasteiger partial charge in [0.2, 0.25) is 0 Å². The van der Waals surface area contributed by atoms with Crippen molar-refractivity contribution in [1.82, 2.24) is 5.32 Å². The van der Waals surface area contributed by atoms with E-state index in [2.05, 4.69) is 20.7 Å². The van der Waals surface area contributed by atoms with E-state index in [1.807, 2.05) is 0 Å². The lowest BCUT2D eigenvalue weighted by atomic mass is 10.2. The normalized spacial score (nSPS) is 10.8. The van der Waals surface area contributed by atoms with Gasteiger partial charge in [0.15, 0.2) is 0 Å². The molecule has 3 aromatic rings. The molecule has 0 fully saturated rings. The number of nitrogens with one attached hydrogen (secondary N) is 3. The quantitative estimate of drug-likeness (QED) is 0.475. The van der Waals surface area contributed by atoms with Gasteiger partial charge in [-0.05, 0) is 72.8 Å². The Hall–Kier alpha value is -4.21. The highest BCUT2D eigenvalue weighted by atomic mass is 19.4. The van der Waals surface area contributed by atoms with E-state index in [0.29, 0.717) is 22.7 Å². The van der Waals surface area contributed by atoms with Crippen molar-refractivity contribution in [2.24, 2.45) is 0 Å². The highest BCUT2D eigenvalue weighted by Gasteiger charge is 2.30. The second kappa shape index (κ2) is 9.73. The third-order valence-corrected chi connectivity index (χ3v) is 4.04. The standard InChI is InChI=1S/C22H18F3N3O4/c1-26-20(29)14-2-8-17(9-3-14)31-18-10-4-15(5-11-18)27-21(30)28-16-6-12-19(13-7-16)32-22(23,24)25/h2-13H,1H3,(H,26,29)(H2,27,28,30). The Balaban J connectivity index is 1.52. The molecule has 0 spiro atoms. The Morgan fingerprint density at radius 3 is 1.59 bits per heavy atom. The van der Waals surface area contributed by atoms with Crippen molar-refractivity contribution in [3.8, 4) is 17.2 Å². The van der Waals surface area contributed by atoms with Gasteiger partial charge in [-0.2, -0.15) is 0 Å². The summed E-state index contributed by atoms with van der Waals surface area (Å²) in [6.07, 6.45) is -4.78. The lowest BCUT2D eigenvalue weighted by Crippen LogP contribution is -2.19. The first-order valence-corrected chi connectivity index (χ1v) is 9.26. The first-order chi connectivity index (χ1) is 15.2. The molecule has 3 amide bonds. The minimum Gasteiger partial charge on any atom is -0.457 e. The van der Waals surface area contributed by atoms with Gasteiger partial charge in [0.1, 0.15) is 17.2 Å². The number of hydrogen-bond acceptors (Lipinski definition) is 4. The van der Waals surface area contributed by atoms with Crippen molar-refractivity contribution >= 4 is 23.3 Å². The molecule has 3 rings (SSSR count). The molecule has 3 N–H and O–H groups in total. The summed E-state index contributed by atoms with van der Waals surface area (Å²) in [5.74, 6) is 0.469. The Labute approximate surface area is 181 Å². The average molecular weight is 445 g/mol. The number of anilines is 2. The summed E-state index contributed by atoms with van der Waals surface area (Å²) < 4.78 is 46.0. The molecule has 0 aliphatic rings. The van der Waals surface area contributed by atoms with Crippen LogP contribution >= 0.6 is 0 Å². The van der Waals surface area contributed by atoms with Crippen LogP contribution in [-0.4, -0.2) is 25.3 Å². The van der Waals surface area contributed by atoms with E-state index in [4.69, 9.17) is 4.74 Å². The molecular formula is C22H18F3N3O4. The second-order valence-corrected chi connectivity index (χ2v) is 6.38. The minimum atomic E-state index is -4.78. The molecular weight excluding hydrogens is 427 g/mol. The minimum absolute atomic E-state index is 0.198. The van der Waals surface area contributed by atoms with Crippen LogP contribution in [0, 0.1) is 0 Å². The maximum atomic E-state index is 12.2. The first kappa shape index (κ1) is 22.5. The van der Waals surface area contributed by atoms with Crippen LogP contribution in [0.15, 0.2) is 72.8 Å². The number of carbonyl (C=O) groups excluding carboxylic acids is 2. The van der Waals surface area contributed by atoms with Crippen LogP contribution in [-0.2, 0) is 0 Å². The number of alkyl halides is 3. The van der Waals surface area contributed by atoms with Crippen LogP contribution in [0.3, 0.4) is 0 Å². The van der Waals surface area contributed by atoms with Crippen molar-refractivity contribution in [2.45, 2.75) is 6.36 Å². The molecule has 32 heavy (non-hydrogen) atoms. The monoisotopic (exact) mass is 445 g/mol. The highest BCUT2D eigenvalue weighted by molar-refractivity contribution is 5.99. The molecule has 0 radical (unpaired) electrons. The summed E-state index contributed by atoms with van der Waals surface area (Å²) in [5.41, 5.74) is 1.27. The molecule has 0 aliphatic heterocycles. The zero-order valence-corrected chi connectivity index (χ0v) is 16.7. The summed E-state index contributed by atoms with van der Waals surface area (Å²) in [7, 11) is 1.55. The maximum absolute atomic E-state index is 12.2. The van der Waals surface area contributed by atoms with Crippen LogP contribution in [0.25, 0.3) is 0 Å². The summed E-state index contributed by atoms with van der Waals surface area (Å²) in [4.78, 5) is 23.6. The van der Waals surface area contributed by atoms with E-state index in [9.17, 15) is 22.8 Å². The lowest BCUT2D eigenvalue weighted by Gasteiger charge is -2.11. The lowest BCUT2D eigenvalue weighted by molar-refractivity contribution is -0.274. The second-order valence-electron chi connectivity index (χ2n) is 6.38. The van der Waals surface area contributed by atoms with Gasteiger partial charge >= 0.3 is 12.4 Å². The Morgan fingerprint density at radius 2 is 1.16 bits per heavy atom. The molecule has 0 unspecified atom stereocenters. The number of ether oxygens (including phenoxy) is 2. The zero-order valence-electron chi connectivity index (χ0n) is 16.7. The maximum Gasteiger partial charge on any atom is 0.573 e. The smallest absolute Gasteiger partial charge is 0.457 e. The van der Waals surface area contributed by atoms with Gasteiger partial charge in [-0.3, -0.25) is 4.79 Å². The van der Waals surface area contributed by atoms with Crippen LogP contribution < -0.4 is 25.4 Å². The number of hydrogen-bond donors (Lipinski definition) is 3. The van der Waals surface area contributed by atoms with Crippen LogP contribution in [0.2, 0.25) is 0 Å². The van der Waals surface area contributed by atoms with E-state index in [1.165, 1.54) is 12.1 Å². The molecule has 0 atom stereocenters. The summed E-state index contributed by atoms with van der Waals surface area (Å²) >= 11 is 0. The molecule has 10 heteroatoms. The van der Waals surface area contributed by atoms with E-state index in [0.717, 1.165) is 12.1 Å². The number of urea groups is 1. The van der Waals surface area contributed by atoms with Gasteiger partial charge in [0.05, 0.1) is 0 Å². The molecule has 3 aromatic carbocycles. The SMILES string of the molecule is CNC(=O)c1ccc(Oc2ccc(NC(=O)Nc3ccc(OC(F)(F)F)cc3)cc2)cc1. The van der Waals surface area contributed by atoms with Crippen LogP contribution in [0.5, 0.6) is 17.2 Å². The van der Waals surface area contributed by atoms with Gasteiger partial charge in [0.25, 0.3) is 5.91 Å². The predicted octanol–water partition coefficient (Wildman–Crippen LogP) is 5.38. The highest BCUT2D eigenvalue weighted by Crippen LogP contribution is 2.25.